The summed E-state index contributed by atoms with van der Waals surface area (Å²) >= 11 is 0. The fourth-order valence-electron chi connectivity index (χ4n) is 7.19. The van der Waals surface area contributed by atoms with Crippen molar-refractivity contribution < 1.29 is 16.5 Å². The van der Waals surface area contributed by atoms with E-state index in [4.69, 9.17) is 19.9 Å². The number of benzene rings is 1. The van der Waals surface area contributed by atoms with Crippen LogP contribution in [0.1, 0.15) is 105 Å². The monoisotopic (exact) mass is 636 g/mol. The minimum absolute atomic E-state index is 0. The standard InChI is InChI=1S/C40H42N4.Ni/c1-10-27-24(8)37-36(26-18-16-15-17-19-26)38-25(9)28(11-2)35(44-38)21-33-23(7)30(13-4)40(42-33)31(14-5)39-29(12-3)22(6)32(41-39)20-34(27)43-37;/h14-21H,5,10-13H2,1-4,6-9H3;/q-2;+2. The van der Waals surface area contributed by atoms with Crippen LogP contribution in [0, 0.1) is 13.8 Å². The number of hydrogen-bond donors (Lipinski definition) is 0. The van der Waals surface area contributed by atoms with E-state index in [1.54, 1.807) is 0 Å². The number of aromatic nitrogens is 4. The van der Waals surface area contributed by atoms with Gasteiger partial charge >= 0.3 is 16.5 Å². The fraction of sp³-hybridized carbons (Fsp3) is 0.300. The number of rotatable bonds is 6. The van der Waals surface area contributed by atoms with E-state index in [0.717, 1.165) is 87.2 Å². The van der Waals surface area contributed by atoms with Crippen LogP contribution in [-0.2, 0) is 29.3 Å². The Morgan fingerprint density at radius 3 is 1.91 bits per heavy atom. The van der Waals surface area contributed by atoms with E-state index in [1.807, 2.05) is 6.08 Å². The number of hydrogen-bond acceptors (Lipinski definition) is 2. The van der Waals surface area contributed by atoms with Crippen molar-refractivity contribution in [2.24, 2.45) is 0 Å². The van der Waals surface area contributed by atoms with Gasteiger partial charge in [-0.3, -0.25) is 0 Å². The topological polar surface area (TPSA) is 54.0 Å². The molecule has 45 heavy (non-hydrogen) atoms. The molecule has 0 spiro atoms. The molecule has 232 valence electrons. The smallest absolute Gasteiger partial charge is 0.657 e. The maximum Gasteiger partial charge on any atom is 2.00 e. The van der Waals surface area contributed by atoms with Crippen molar-refractivity contribution in [3.8, 4) is 11.1 Å². The fourth-order valence-corrected chi connectivity index (χ4v) is 7.19. The Kier molecular flexibility index (Phi) is 9.24. The number of allylic oxidation sites excluding steroid dienone is 4. The maximum absolute atomic E-state index is 5.40. The second kappa shape index (κ2) is 12.8. The average molecular weight is 637 g/mol. The van der Waals surface area contributed by atoms with Gasteiger partial charge in [-0.05, 0) is 92.4 Å². The van der Waals surface area contributed by atoms with Crippen LogP contribution in [0.4, 0.5) is 0 Å². The van der Waals surface area contributed by atoms with E-state index in [2.05, 4.69) is 104 Å². The quantitative estimate of drug-likeness (QED) is 0.198. The summed E-state index contributed by atoms with van der Waals surface area (Å²) in [7, 11) is 0. The molecule has 5 heterocycles. The third-order valence-electron chi connectivity index (χ3n) is 9.62. The molecule has 0 unspecified atom stereocenters. The van der Waals surface area contributed by atoms with Gasteiger partial charge in [0, 0.05) is 0 Å². The SMILES string of the molecule is C=Cc1c2nc(cc3[n-]c(c(C)c3CC)c(-c3ccccc3)c3nc(cc4[n-]c1c(CC)c4C)C(CC)=C3C)C(C)=C2CC.[Ni+2]. The van der Waals surface area contributed by atoms with E-state index in [9.17, 15) is 0 Å². The first-order valence-electron chi connectivity index (χ1n) is 16.0. The van der Waals surface area contributed by atoms with Crippen molar-refractivity contribution in [1.82, 2.24) is 19.9 Å². The van der Waals surface area contributed by atoms with Gasteiger partial charge in [-0.2, -0.15) is 0 Å². The van der Waals surface area contributed by atoms with Crippen LogP contribution < -0.4 is 9.97 Å². The largest absolute Gasteiger partial charge is 2.00 e. The summed E-state index contributed by atoms with van der Waals surface area (Å²) in [4.78, 5) is 21.4. The second-order valence-corrected chi connectivity index (χ2v) is 11.9. The van der Waals surface area contributed by atoms with Gasteiger partial charge in [-0.1, -0.05) is 105 Å². The molecule has 0 aliphatic carbocycles. The Morgan fingerprint density at radius 1 is 0.667 bits per heavy atom. The number of aryl methyl sites for hydroxylation is 4. The van der Waals surface area contributed by atoms with Crippen molar-refractivity contribution in [2.75, 3.05) is 0 Å². The van der Waals surface area contributed by atoms with E-state index in [0.29, 0.717) is 0 Å². The van der Waals surface area contributed by atoms with Crippen molar-refractivity contribution in [3.05, 3.63) is 99.6 Å². The molecule has 0 amide bonds. The van der Waals surface area contributed by atoms with Gasteiger partial charge in [0.25, 0.3) is 0 Å². The third kappa shape index (κ3) is 5.16. The van der Waals surface area contributed by atoms with Crippen LogP contribution in [0.5, 0.6) is 0 Å². The molecule has 4 aromatic rings. The van der Waals surface area contributed by atoms with Gasteiger partial charge in [-0.15, -0.1) is 22.1 Å². The van der Waals surface area contributed by atoms with Gasteiger partial charge in [0.2, 0.25) is 0 Å². The van der Waals surface area contributed by atoms with E-state index >= 15 is 0 Å². The minimum Gasteiger partial charge on any atom is -0.657 e. The molecule has 0 saturated carbocycles. The molecule has 2 aliphatic heterocycles. The molecule has 6 rings (SSSR count). The molecule has 0 fully saturated rings. The third-order valence-corrected chi connectivity index (χ3v) is 9.62. The molecule has 5 heteroatoms. The van der Waals surface area contributed by atoms with Crippen LogP contribution >= 0.6 is 0 Å². The second-order valence-electron chi connectivity index (χ2n) is 11.9. The Morgan fingerprint density at radius 2 is 1.29 bits per heavy atom. The van der Waals surface area contributed by atoms with E-state index in [1.165, 1.54) is 44.5 Å². The summed E-state index contributed by atoms with van der Waals surface area (Å²) in [6.45, 7) is 21.9. The first-order valence-corrected chi connectivity index (χ1v) is 16.0. The molecule has 0 atom stereocenters. The Hall–Kier alpha value is -3.95. The van der Waals surface area contributed by atoms with Gasteiger partial charge in [0.1, 0.15) is 0 Å². The summed E-state index contributed by atoms with van der Waals surface area (Å²) in [5, 5.41) is 0. The van der Waals surface area contributed by atoms with Crippen LogP contribution in [0.15, 0.2) is 49.0 Å². The van der Waals surface area contributed by atoms with Crippen LogP contribution in [0.2, 0.25) is 0 Å². The van der Waals surface area contributed by atoms with Crippen molar-refractivity contribution in [3.63, 3.8) is 0 Å². The molecule has 4 nitrogen and oxygen atoms in total. The molecule has 8 bridgehead atoms. The molecule has 1 aromatic carbocycles. The van der Waals surface area contributed by atoms with Crippen LogP contribution in [0.3, 0.4) is 0 Å². The minimum atomic E-state index is 0. The normalized spacial score (nSPS) is 13.0. The predicted octanol–water partition coefficient (Wildman–Crippen LogP) is 10.3. The summed E-state index contributed by atoms with van der Waals surface area (Å²) in [5.41, 5.74) is 20.9. The zero-order chi connectivity index (χ0) is 31.3. The average Bonchev–Trinajstić information content (AvgIpc) is 3.71. The molecule has 2 aliphatic rings. The van der Waals surface area contributed by atoms with E-state index < -0.39 is 0 Å². The first-order chi connectivity index (χ1) is 21.3. The molecule has 0 N–H and O–H groups in total. The Labute approximate surface area is 277 Å². The summed E-state index contributed by atoms with van der Waals surface area (Å²) < 4.78 is 0. The summed E-state index contributed by atoms with van der Waals surface area (Å²) in [6.07, 6.45) is 5.47. The zero-order valence-electron chi connectivity index (χ0n) is 27.8. The van der Waals surface area contributed by atoms with Crippen molar-refractivity contribution in [1.29, 1.82) is 0 Å². The van der Waals surface area contributed by atoms with Crippen LogP contribution in [-0.4, -0.2) is 9.97 Å². The Bertz CT molecular complexity index is 2050. The van der Waals surface area contributed by atoms with Crippen LogP contribution in [0.25, 0.3) is 61.6 Å². The maximum atomic E-state index is 5.40. The van der Waals surface area contributed by atoms with Gasteiger partial charge < -0.3 is 9.97 Å². The van der Waals surface area contributed by atoms with Crippen molar-refractivity contribution in [2.45, 2.75) is 81.1 Å². The molecule has 0 radical (unpaired) electrons. The summed E-state index contributed by atoms with van der Waals surface area (Å²) in [6, 6.07) is 15.0. The Balaban J connectivity index is 0.00000400. The molecular weight excluding hydrogens is 595 g/mol. The number of nitrogens with zero attached hydrogens (tertiary/aromatic N) is 4. The molecule has 0 saturated heterocycles. The molecular formula is C40H42N4Ni. The molecule has 3 aromatic heterocycles. The van der Waals surface area contributed by atoms with E-state index in [-0.39, 0.29) is 16.5 Å². The van der Waals surface area contributed by atoms with Crippen molar-refractivity contribution >= 4 is 50.4 Å². The number of fused-ring (bicyclic) bond motifs is 8. The van der Waals surface area contributed by atoms with Gasteiger partial charge in [-0.25, -0.2) is 9.97 Å². The first kappa shape index (κ1) is 32.4. The van der Waals surface area contributed by atoms with Gasteiger partial charge in [0.05, 0.1) is 22.8 Å². The summed E-state index contributed by atoms with van der Waals surface area (Å²) in [5.74, 6) is 0. The predicted molar refractivity (Wildman–Crippen MR) is 188 cm³/mol. The zero-order valence-corrected chi connectivity index (χ0v) is 28.7. The van der Waals surface area contributed by atoms with Gasteiger partial charge in [0.15, 0.2) is 0 Å².